The van der Waals surface area contributed by atoms with Gasteiger partial charge < -0.3 is 5.32 Å². The fraction of sp³-hybridized carbons (Fsp3) is 0.455. The molecule has 1 nitrogen and oxygen atoms in total. The maximum absolute atomic E-state index is 13.1. The Morgan fingerprint density at radius 1 is 1.21 bits per heavy atom. The van der Waals surface area contributed by atoms with Gasteiger partial charge in [0.1, 0.15) is 11.6 Å². The summed E-state index contributed by atoms with van der Waals surface area (Å²) in [5, 5.41) is 3.14. The van der Waals surface area contributed by atoms with Crippen LogP contribution in [-0.2, 0) is 6.54 Å². The molecule has 1 saturated carbocycles. The molecular weight excluding hydrogens is 184 g/mol. The molecular formula is C11H13F2N. The van der Waals surface area contributed by atoms with Gasteiger partial charge in [-0.15, -0.1) is 0 Å². The second-order valence-electron chi connectivity index (χ2n) is 3.71. The van der Waals surface area contributed by atoms with E-state index in [-0.39, 0.29) is 5.56 Å². The normalized spacial score (nSPS) is 16.7. The summed E-state index contributed by atoms with van der Waals surface area (Å²) in [6.45, 7) is 0.295. The second-order valence-corrected chi connectivity index (χ2v) is 3.71. The Kier molecular flexibility index (Phi) is 2.77. The van der Waals surface area contributed by atoms with E-state index in [0.29, 0.717) is 12.6 Å². The molecule has 0 heterocycles. The Morgan fingerprint density at radius 3 is 2.36 bits per heavy atom. The molecule has 0 saturated heterocycles. The van der Waals surface area contributed by atoms with Gasteiger partial charge in [0.25, 0.3) is 0 Å². The van der Waals surface area contributed by atoms with Gasteiger partial charge in [0.2, 0.25) is 0 Å². The van der Waals surface area contributed by atoms with Gasteiger partial charge in [0.05, 0.1) is 0 Å². The van der Waals surface area contributed by atoms with Crippen LogP contribution < -0.4 is 5.32 Å². The Morgan fingerprint density at radius 2 is 1.86 bits per heavy atom. The van der Waals surface area contributed by atoms with Crippen molar-refractivity contribution in [2.24, 2.45) is 0 Å². The lowest BCUT2D eigenvalue weighted by molar-refractivity contribution is 0.334. The molecule has 0 radical (unpaired) electrons. The molecule has 0 atom stereocenters. The van der Waals surface area contributed by atoms with Crippen LogP contribution in [0.3, 0.4) is 0 Å². The quantitative estimate of drug-likeness (QED) is 0.785. The second kappa shape index (κ2) is 4.05. The summed E-state index contributed by atoms with van der Waals surface area (Å²) in [6, 6.07) is 4.42. The van der Waals surface area contributed by atoms with E-state index in [2.05, 4.69) is 5.32 Å². The molecule has 0 spiro atoms. The molecule has 0 aromatic heterocycles. The van der Waals surface area contributed by atoms with Gasteiger partial charge in [-0.05, 0) is 25.0 Å². The van der Waals surface area contributed by atoms with Crippen LogP contribution in [0.15, 0.2) is 18.2 Å². The summed E-state index contributed by atoms with van der Waals surface area (Å²) in [4.78, 5) is 0. The fourth-order valence-corrected chi connectivity index (χ4v) is 1.56. The minimum atomic E-state index is -0.461. The van der Waals surface area contributed by atoms with Crippen LogP contribution >= 0.6 is 0 Å². The Balaban J connectivity index is 2.00. The Bertz CT molecular complexity index is 301. The van der Waals surface area contributed by atoms with Gasteiger partial charge in [0.15, 0.2) is 0 Å². The average Bonchev–Trinajstić information content (AvgIpc) is 2.07. The third-order valence-corrected chi connectivity index (χ3v) is 2.73. The van der Waals surface area contributed by atoms with Gasteiger partial charge in [0, 0.05) is 18.2 Å². The Labute approximate surface area is 82.1 Å². The highest BCUT2D eigenvalue weighted by atomic mass is 19.1. The van der Waals surface area contributed by atoms with Crippen LogP contribution in [0.25, 0.3) is 0 Å². The van der Waals surface area contributed by atoms with Crippen LogP contribution in [0.5, 0.6) is 0 Å². The minimum absolute atomic E-state index is 0.152. The monoisotopic (exact) mass is 197 g/mol. The Hall–Kier alpha value is -0.960. The zero-order valence-electron chi connectivity index (χ0n) is 7.89. The molecule has 1 aromatic rings. The first-order valence-corrected chi connectivity index (χ1v) is 4.93. The van der Waals surface area contributed by atoms with Gasteiger partial charge in [-0.2, -0.15) is 0 Å². The van der Waals surface area contributed by atoms with Crippen molar-refractivity contribution in [3.8, 4) is 0 Å². The molecule has 1 aliphatic carbocycles. The van der Waals surface area contributed by atoms with E-state index in [1.807, 2.05) is 0 Å². The van der Waals surface area contributed by atoms with Gasteiger partial charge in [-0.1, -0.05) is 12.5 Å². The van der Waals surface area contributed by atoms with E-state index in [9.17, 15) is 8.78 Å². The number of benzene rings is 1. The first-order chi connectivity index (χ1) is 6.77. The van der Waals surface area contributed by atoms with E-state index in [1.54, 1.807) is 0 Å². The lowest BCUT2D eigenvalue weighted by Crippen LogP contribution is -2.34. The molecule has 76 valence electrons. The largest absolute Gasteiger partial charge is 0.310 e. The van der Waals surface area contributed by atoms with Gasteiger partial charge in [-0.25, -0.2) is 8.78 Å². The third kappa shape index (κ3) is 1.93. The summed E-state index contributed by atoms with van der Waals surface area (Å²) in [6.07, 6.45) is 3.46. The highest BCUT2D eigenvalue weighted by molar-refractivity contribution is 5.19. The van der Waals surface area contributed by atoms with Gasteiger partial charge >= 0.3 is 0 Å². The van der Waals surface area contributed by atoms with E-state index >= 15 is 0 Å². The molecule has 1 aromatic carbocycles. The smallest absolute Gasteiger partial charge is 0.130 e. The highest BCUT2D eigenvalue weighted by Crippen LogP contribution is 2.19. The van der Waals surface area contributed by atoms with E-state index < -0.39 is 11.6 Å². The van der Waals surface area contributed by atoms with Crippen molar-refractivity contribution in [2.45, 2.75) is 31.8 Å². The zero-order valence-corrected chi connectivity index (χ0v) is 7.89. The zero-order chi connectivity index (χ0) is 9.97. The van der Waals surface area contributed by atoms with Crippen molar-refractivity contribution < 1.29 is 8.78 Å². The van der Waals surface area contributed by atoms with Crippen LogP contribution in [0.1, 0.15) is 24.8 Å². The van der Waals surface area contributed by atoms with Crippen molar-refractivity contribution in [3.05, 3.63) is 35.4 Å². The van der Waals surface area contributed by atoms with Crippen molar-refractivity contribution in [1.82, 2.24) is 5.32 Å². The number of hydrogen-bond acceptors (Lipinski definition) is 1. The number of nitrogens with one attached hydrogen (secondary N) is 1. The van der Waals surface area contributed by atoms with Crippen LogP contribution in [0, 0.1) is 11.6 Å². The number of rotatable bonds is 3. The summed E-state index contributed by atoms with van der Waals surface area (Å²) >= 11 is 0. The highest BCUT2D eigenvalue weighted by Gasteiger charge is 2.17. The molecule has 0 aliphatic heterocycles. The first kappa shape index (κ1) is 9.59. The van der Waals surface area contributed by atoms with Crippen molar-refractivity contribution >= 4 is 0 Å². The van der Waals surface area contributed by atoms with E-state index in [0.717, 1.165) is 12.8 Å². The van der Waals surface area contributed by atoms with Crippen molar-refractivity contribution in [1.29, 1.82) is 0 Å². The third-order valence-electron chi connectivity index (χ3n) is 2.73. The van der Waals surface area contributed by atoms with Crippen LogP contribution in [0.2, 0.25) is 0 Å². The van der Waals surface area contributed by atoms with Crippen molar-refractivity contribution in [2.75, 3.05) is 0 Å². The van der Waals surface area contributed by atoms with E-state index in [4.69, 9.17) is 0 Å². The predicted octanol–water partition coefficient (Wildman–Crippen LogP) is 2.61. The predicted molar refractivity (Wildman–Crippen MR) is 50.8 cm³/mol. The summed E-state index contributed by atoms with van der Waals surface area (Å²) in [7, 11) is 0. The molecule has 14 heavy (non-hydrogen) atoms. The minimum Gasteiger partial charge on any atom is -0.310 e. The topological polar surface area (TPSA) is 12.0 Å². The lowest BCUT2D eigenvalue weighted by atomic mass is 9.93. The molecule has 0 amide bonds. The SMILES string of the molecule is Fc1cccc(F)c1CNC1CCC1. The summed E-state index contributed by atoms with van der Waals surface area (Å²) in [5.41, 5.74) is 0.152. The standard InChI is InChI=1S/C11H13F2N/c12-10-5-2-6-11(13)9(10)7-14-8-3-1-4-8/h2,5-6,8,14H,1,3-4,7H2. The molecule has 1 N–H and O–H groups in total. The van der Waals surface area contributed by atoms with Crippen molar-refractivity contribution in [3.63, 3.8) is 0 Å². The summed E-state index contributed by atoms with van der Waals surface area (Å²) < 4.78 is 26.3. The molecule has 0 unspecified atom stereocenters. The maximum atomic E-state index is 13.1. The molecule has 1 fully saturated rings. The maximum Gasteiger partial charge on any atom is 0.130 e. The fourth-order valence-electron chi connectivity index (χ4n) is 1.56. The molecule has 1 aliphatic rings. The molecule has 3 heteroatoms. The average molecular weight is 197 g/mol. The molecule has 0 bridgehead atoms. The van der Waals surface area contributed by atoms with Gasteiger partial charge in [-0.3, -0.25) is 0 Å². The van der Waals surface area contributed by atoms with Crippen LogP contribution in [0.4, 0.5) is 8.78 Å². The summed E-state index contributed by atoms with van der Waals surface area (Å²) in [5.74, 6) is -0.923. The number of halogens is 2. The lowest BCUT2D eigenvalue weighted by Gasteiger charge is -2.26. The molecule has 2 rings (SSSR count). The van der Waals surface area contributed by atoms with Crippen LogP contribution in [-0.4, -0.2) is 6.04 Å². The first-order valence-electron chi connectivity index (χ1n) is 4.93. The van der Waals surface area contributed by atoms with E-state index in [1.165, 1.54) is 24.6 Å². The number of hydrogen-bond donors (Lipinski definition) is 1.